The van der Waals surface area contributed by atoms with Crippen molar-refractivity contribution in [3.8, 4) is 11.4 Å². The molecule has 4 rings (SSSR count). The normalized spacial score (nSPS) is 11.5. The summed E-state index contributed by atoms with van der Waals surface area (Å²) in [5.74, 6) is -0.700. The number of methoxy groups -OCH3 is 1. The molecule has 1 aromatic heterocycles. The number of hydrogen-bond acceptors (Lipinski definition) is 7. The molecule has 4 aromatic rings. The molecule has 0 radical (unpaired) electrons. The molecular formula is C29H28FN5O6S. The highest BCUT2D eigenvalue weighted by atomic mass is 32.2. The highest BCUT2D eigenvalue weighted by Gasteiger charge is 2.29. The number of halogens is 1. The standard InChI is InChI=1S/C29H28FN5O6S/c1-19-9-14-25(16-28(19)35(37)38)42(39,40)33(23-10-12-24(41-4)13-11-23)18-29(36)32-31-17-22-15-20(2)34(21(22)3)27-8-6-5-7-26(27)30/h5-17H,18H2,1-4H3,(H,32,36). The third-order valence-electron chi connectivity index (χ3n) is 6.57. The molecular weight excluding hydrogens is 565 g/mol. The molecule has 0 saturated heterocycles. The number of ether oxygens (including phenoxy) is 1. The Labute approximate surface area is 242 Å². The quantitative estimate of drug-likeness (QED) is 0.159. The van der Waals surface area contributed by atoms with E-state index in [0.717, 1.165) is 16.1 Å². The van der Waals surface area contributed by atoms with Crippen molar-refractivity contribution in [3.05, 3.63) is 111 Å². The third-order valence-corrected chi connectivity index (χ3v) is 8.34. The van der Waals surface area contributed by atoms with Gasteiger partial charge >= 0.3 is 0 Å². The number of aromatic nitrogens is 1. The lowest BCUT2D eigenvalue weighted by atomic mass is 10.2. The monoisotopic (exact) mass is 593 g/mol. The minimum Gasteiger partial charge on any atom is -0.497 e. The second-order valence-corrected chi connectivity index (χ2v) is 11.2. The molecule has 1 N–H and O–H groups in total. The number of hydrazone groups is 1. The third kappa shape index (κ3) is 6.15. The number of sulfonamides is 1. The van der Waals surface area contributed by atoms with Crippen LogP contribution < -0.4 is 14.5 Å². The van der Waals surface area contributed by atoms with E-state index in [9.17, 15) is 27.7 Å². The summed E-state index contributed by atoms with van der Waals surface area (Å²) in [7, 11) is -2.97. The number of anilines is 1. The van der Waals surface area contributed by atoms with Gasteiger partial charge in [-0.05, 0) is 69.3 Å². The molecule has 0 atom stereocenters. The Hall–Kier alpha value is -5.04. The molecule has 42 heavy (non-hydrogen) atoms. The van der Waals surface area contributed by atoms with Gasteiger partial charge in [0.15, 0.2) is 0 Å². The van der Waals surface area contributed by atoms with Gasteiger partial charge in [-0.3, -0.25) is 19.2 Å². The van der Waals surface area contributed by atoms with Gasteiger partial charge in [-0.25, -0.2) is 18.2 Å². The zero-order valence-corrected chi connectivity index (χ0v) is 24.1. The Morgan fingerprint density at radius 2 is 1.79 bits per heavy atom. The lowest BCUT2D eigenvalue weighted by Gasteiger charge is -2.24. The number of benzene rings is 3. The first kappa shape index (κ1) is 29.9. The second kappa shape index (κ2) is 12.2. The number of rotatable bonds is 10. The number of hydrogen-bond donors (Lipinski definition) is 1. The van der Waals surface area contributed by atoms with Crippen molar-refractivity contribution in [3.63, 3.8) is 0 Å². The van der Waals surface area contributed by atoms with Crippen LogP contribution in [-0.4, -0.2) is 43.7 Å². The van der Waals surface area contributed by atoms with Gasteiger partial charge in [-0.2, -0.15) is 5.10 Å². The number of carbonyl (C=O) groups excluding carboxylic acids is 1. The molecule has 0 spiro atoms. The lowest BCUT2D eigenvalue weighted by Crippen LogP contribution is -2.39. The van der Waals surface area contributed by atoms with Crippen molar-refractivity contribution in [1.29, 1.82) is 0 Å². The van der Waals surface area contributed by atoms with Crippen molar-refractivity contribution in [2.75, 3.05) is 18.0 Å². The van der Waals surface area contributed by atoms with E-state index in [-0.39, 0.29) is 21.8 Å². The molecule has 218 valence electrons. The Balaban J connectivity index is 1.61. The molecule has 0 aliphatic heterocycles. The van der Waals surface area contributed by atoms with Gasteiger partial charge in [-0.15, -0.1) is 0 Å². The predicted molar refractivity (Wildman–Crippen MR) is 156 cm³/mol. The average molecular weight is 594 g/mol. The van der Waals surface area contributed by atoms with Gasteiger partial charge in [0, 0.05) is 28.6 Å². The van der Waals surface area contributed by atoms with Crippen molar-refractivity contribution < 1.29 is 27.3 Å². The average Bonchev–Trinajstić information content (AvgIpc) is 3.24. The number of nitro benzene ring substituents is 1. The van der Waals surface area contributed by atoms with E-state index in [1.165, 1.54) is 62.7 Å². The van der Waals surface area contributed by atoms with E-state index in [1.54, 1.807) is 35.8 Å². The SMILES string of the molecule is COc1ccc(N(CC(=O)NN=Cc2cc(C)n(-c3ccccc3F)c2C)S(=O)(=O)c2ccc(C)c([N+](=O)[O-])c2)cc1. The van der Waals surface area contributed by atoms with Crippen molar-refractivity contribution in [2.24, 2.45) is 5.10 Å². The predicted octanol–water partition coefficient (Wildman–Crippen LogP) is 4.80. The maximum absolute atomic E-state index is 14.4. The minimum absolute atomic E-state index is 0.131. The summed E-state index contributed by atoms with van der Waals surface area (Å²) in [6, 6.07) is 17.6. The number of nitro groups is 1. The van der Waals surface area contributed by atoms with E-state index in [1.807, 2.05) is 6.92 Å². The molecule has 1 amide bonds. The van der Waals surface area contributed by atoms with E-state index >= 15 is 0 Å². The van der Waals surface area contributed by atoms with Crippen LogP contribution in [0, 0.1) is 36.7 Å². The first-order valence-electron chi connectivity index (χ1n) is 12.6. The van der Waals surface area contributed by atoms with Crippen molar-refractivity contribution >= 4 is 33.5 Å². The van der Waals surface area contributed by atoms with Crippen LogP contribution in [0.15, 0.2) is 82.8 Å². The summed E-state index contributed by atoms with van der Waals surface area (Å²) in [5, 5.41) is 15.4. The lowest BCUT2D eigenvalue weighted by molar-refractivity contribution is -0.385. The largest absolute Gasteiger partial charge is 0.497 e. The zero-order valence-electron chi connectivity index (χ0n) is 23.2. The zero-order chi connectivity index (χ0) is 30.6. The van der Waals surface area contributed by atoms with E-state index in [0.29, 0.717) is 22.7 Å². The van der Waals surface area contributed by atoms with Gasteiger partial charge in [0.1, 0.15) is 18.1 Å². The van der Waals surface area contributed by atoms with E-state index in [2.05, 4.69) is 10.5 Å². The number of nitrogens with zero attached hydrogens (tertiary/aromatic N) is 4. The highest BCUT2D eigenvalue weighted by Crippen LogP contribution is 2.29. The fraction of sp³-hybridized carbons (Fsp3) is 0.172. The maximum atomic E-state index is 14.4. The molecule has 0 unspecified atom stereocenters. The molecule has 13 heteroatoms. The Kier molecular flexibility index (Phi) is 8.71. The van der Waals surface area contributed by atoms with Crippen molar-refractivity contribution in [2.45, 2.75) is 25.7 Å². The summed E-state index contributed by atoms with van der Waals surface area (Å²) >= 11 is 0. The van der Waals surface area contributed by atoms with Crippen LogP contribution in [-0.2, 0) is 14.8 Å². The second-order valence-electron chi connectivity index (χ2n) is 9.32. The Bertz CT molecular complexity index is 1780. The van der Waals surface area contributed by atoms with Gasteiger partial charge in [0.2, 0.25) is 0 Å². The number of nitrogens with one attached hydrogen (secondary N) is 1. The van der Waals surface area contributed by atoms with Crippen LogP contribution in [0.4, 0.5) is 15.8 Å². The Morgan fingerprint density at radius 1 is 1.10 bits per heavy atom. The van der Waals surface area contributed by atoms with Crippen LogP contribution in [0.5, 0.6) is 5.75 Å². The molecule has 0 bridgehead atoms. The Morgan fingerprint density at radius 3 is 2.43 bits per heavy atom. The molecule has 1 heterocycles. The fourth-order valence-electron chi connectivity index (χ4n) is 4.40. The van der Waals surface area contributed by atoms with Crippen LogP contribution in [0.25, 0.3) is 5.69 Å². The van der Waals surface area contributed by atoms with E-state index in [4.69, 9.17) is 4.74 Å². The number of carbonyl (C=O) groups is 1. The first-order valence-corrected chi connectivity index (χ1v) is 14.1. The summed E-state index contributed by atoms with van der Waals surface area (Å²) < 4.78 is 49.4. The van der Waals surface area contributed by atoms with Gasteiger partial charge in [0.05, 0.1) is 34.5 Å². The number of amides is 1. The first-order chi connectivity index (χ1) is 19.9. The summed E-state index contributed by atoms with van der Waals surface area (Å²) in [6.07, 6.45) is 1.38. The van der Waals surface area contributed by atoms with Gasteiger partial charge in [-0.1, -0.05) is 18.2 Å². The number of para-hydroxylation sites is 1. The molecule has 0 saturated carbocycles. The summed E-state index contributed by atoms with van der Waals surface area (Å²) in [4.78, 5) is 23.4. The van der Waals surface area contributed by atoms with Crippen LogP contribution in [0.3, 0.4) is 0 Å². The number of aryl methyl sites for hydroxylation is 2. The fourth-order valence-corrected chi connectivity index (χ4v) is 5.84. The smallest absolute Gasteiger partial charge is 0.273 e. The molecule has 0 aliphatic rings. The van der Waals surface area contributed by atoms with Gasteiger partial charge in [0.25, 0.3) is 21.6 Å². The summed E-state index contributed by atoms with van der Waals surface area (Å²) in [6.45, 7) is 4.40. The molecule has 3 aromatic carbocycles. The van der Waals surface area contributed by atoms with Crippen LogP contribution in [0.2, 0.25) is 0 Å². The van der Waals surface area contributed by atoms with Crippen LogP contribution in [0.1, 0.15) is 22.5 Å². The van der Waals surface area contributed by atoms with Crippen LogP contribution >= 0.6 is 0 Å². The topological polar surface area (TPSA) is 136 Å². The molecule has 0 aliphatic carbocycles. The highest BCUT2D eigenvalue weighted by molar-refractivity contribution is 7.92. The summed E-state index contributed by atoms with van der Waals surface area (Å²) in [5.41, 5.74) is 4.79. The van der Waals surface area contributed by atoms with E-state index < -0.39 is 33.2 Å². The van der Waals surface area contributed by atoms with Crippen molar-refractivity contribution in [1.82, 2.24) is 9.99 Å². The van der Waals surface area contributed by atoms with Gasteiger partial charge < -0.3 is 9.30 Å². The molecule has 11 nitrogen and oxygen atoms in total. The maximum Gasteiger partial charge on any atom is 0.273 e. The molecule has 0 fully saturated rings. The minimum atomic E-state index is -4.43.